The predicted molar refractivity (Wildman–Crippen MR) is 60.0 cm³/mol. The summed E-state index contributed by atoms with van der Waals surface area (Å²) in [6.45, 7) is -0.181. The monoisotopic (exact) mass is 282 g/mol. The van der Waals surface area contributed by atoms with Crippen LogP contribution in [-0.4, -0.2) is 48.7 Å². The molecule has 0 aromatic rings. The third-order valence-electron chi connectivity index (χ3n) is 3.10. The Balaban J connectivity index is 2.47. The summed E-state index contributed by atoms with van der Waals surface area (Å²) >= 11 is 0. The van der Waals surface area contributed by atoms with Gasteiger partial charge in [0.15, 0.2) is 0 Å². The van der Waals surface area contributed by atoms with Crippen LogP contribution in [0.4, 0.5) is 13.2 Å². The number of halogens is 3. The fourth-order valence-electron chi connectivity index (χ4n) is 2.02. The van der Waals surface area contributed by atoms with E-state index in [0.717, 1.165) is 0 Å². The molecule has 2 N–H and O–H groups in total. The van der Waals surface area contributed by atoms with E-state index in [-0.39, 0.29) is 12.6 Å². The van der Waals surface area contributed by atoms with Crippen LogP contribution in [0.25, 0.3) is 0 Å². The normalized spacial score (nSPS) is 24.3. The van der Waals surface area contributed by atoms with E-state index in [1.54, 1.807) is 6.92 Å². The van der Waals surface area contributed by atoms with Gasteiger partial charge in [0.25, 0.3) is 0 Å². The van der Waals surface area contributed by atoms with Crippen molar-refractivity contribution in [2.24, 2.45) is 11.7 Å². The number of carbonyl (C=O) groups excluding carboxylic acids is 2. The Labute approximate surface area is 108 Å². The lowest BCUT2D eigenvalue weighted by atomic mass is 9.93. The SMILES string of the molecule is C[C@@H]1CC[C@H](C(N)=O)CN1C(=O)COCC(F)(F)F. The van der Waals surface area contributed by atoms with Crippen molar-refractivity contribution in [3.63, 3.8) is 0 Å². The highest BCUT2D eigenvalue weighted by molar-refractivity contribution is 5.81. The van der Waals surface area contributed by atoms with Crippen LogP contribution in [0, 0.1) is 5.92 Å². The largest absolute Gasteiger partial charge is 0.411 e. The second-order valence-corrected chi connectivity index (χ2v) is 4.68. The minimum atomic E-state index is -4.45. The van der Waals surface area contributed by atoms with Crippen molar-refractivity contribution in [2.45, 2.75) is 32.0 Å². The van der Waals surface area contributed by atoms with Crippen molar-refractivity contribution in [1.29, 1.82) is 0 Å². The van der Waals surface area contributed by atoms with Crippen molar-refractivity contribution >= 4 is 11.8 Å². The van der Waals surface area contributed by atoms with E-state index < -0.39 is 37.1 Å². The maximum atomic E-state index is 11.9. The number of piperidine rings is 1. The summed E-state index contributed by atoms with van der Waals surface area (Å²) in [5.41, 5.74) is 5.18. The summed E-state index contributed by atoms with van der Waals surface area (Å²) in [5.74, 6) is -1.49. The molecule has 1 aliphatic rings. The van der Waals surface area contributed by atoms with Crippen LogP contribution >= 0.6 is 0 Å². The topological polar surface area (TPSA) is 72.6 Å². The predicted octanol–water partition coefficient (Wildman–Crippen LogP) is 0.678. The van der Waals surface area contributed by atoms with E-state index in [9.17, 15) is 22.8 Å². The maximum Gasteiger partial charge on any atom is 0.411 e. The zero-order valence-corrected chi connectivity index (χ0v) is 10.6. The van der Waals surface area contributed by atoms with Crippen molar-refractivity contribution in [2.75, 3.05) is 19.8 Å². The number of carbonyl (C=O) groups is 2. The Morgan fingerprint density at radius 2 is 2.00 bits per heavy atom. The average Bonchev–Trinajstić information content (AvgIpc) is 2.27. The van der Waals surface area contributed by atoms with Crippen LogP contribution in [0.3, 0.4) is 0 Å². The minimum Gasteiger partial charge on any atom is -0.369 e. The number of hydrogen-bond donors (Lipinski definition) is 1. The van der Waals surface area contributed by atoms with Gasteiger partial charge in [0.1, 0.15) is 13.2 Å². The summed E-state index contributed by atoms with van der Waals surface area (Å²) < 4.78 is 40.0. The van der Waals surface area contributed by atoms with Gasteiger partial charge in [-0.15, -0.1) is 0 Å². The number of alkyl halides is 3. The van der Waals surface area contributed by atoms with Gasteiger partial charge < -0.3 is 15.4 Å². The fourth-order valence-corrected chi connectivity index (χ4v) is 2.02. The second-order valence-electron chi connectivity index (χ2n) is 4.68. The molecule has 0 aromatic carbocycles. The molecule has 0 radical (unpaired) electrons. The maximum absolute atomic E-state index is 11.9. The number of nitrogens with zero attached hydrogens (tertiary/aromatic N) is 1. The highest BCUT2D eigenvalue weighted by Gasteiger charge is 2.32. The van der Waals surface area contributed by atoms with Gasteiger partial charge in [-0.2, -0.15) is 13.2 Å². The third kappa shape index (κ3) is 5.06. The first-order valence-electron chi connectivity index (χ1n) is 5.94. The first kappa shape index (κ1) is 15.7. The van der Waals surface area contributed by atoms with E-state index in [1.165, 1.54) is 4.90 Å². The van der Waals surface area contributed by atoms with Gasteiger partial charge in [-0.25, -0.2) is 0 Å². The molecule has 2 amide bonds. The number of amides is 2. The molecule has 19 heavy (non-hydrogen) atoms. The summed E-state index contributed by atoms with van der Waals surface area (Å²) in [4.78, 5) is 24.2. The quantitative estimate of drug-likeness (QED) is 0.824. The number of hydrogen-bond acceptors (Lipinski definition) is 3. The van der Waals surface area contributed by atoms with Crippen molar-refractivity contribution in [1.82, 2.24) is 4.90 Å². The first-order valence-corrected chi connectivity index (χ1v) is 5.94. The Bertz CT molecular complexity index is 347. The van der Waals surface area contributed by atoms with Crippen LogP contribution in [0.15, 0.2) is 0 Å². The van der Waals surface area contributed by atoms with Gasteiger partial charge in [-0.3, -0.25) is 9.59 Å². The summed E-state index contributed by atoms with van der Waals surface area (Å²) in [5, 5.41) is 0. The molecule has 8 heteroatoms. The summed E-state index contributed by atoms with van der Waals surface area (Å²) in [7, 11) is 0. The molecule has 0 aliphatic carbocycles. The fraction of sp³-hybridized carbons (Fsp3) is 0.818. The average molecular weight is 282 g/mol. The zero-order valence-electron chi connectivity index (χ0n) is 10.6. The van der Waals surface area contributed by atoms with Crippen LogP contribution in [0.5, 0.6) is 0 Å². The molecule has 1 heterocycles. The Morgan fingerprint density at radius 1 is 1.37 bits per heavy atom. The van der Waals surface area contributed by atoms with E-state index in [1.807, 2.05) is 0 Å². The minimum absolute atomic E-state index is 0.127. The molecule has 0 bridgehead atoms. The van der Waals surface area contributed by atoms with Gasteiger partial charge in [-0.05, 0) is 19.8 Å². The lowest BCUT2D eigenvalue weighted by Crippen LogP contribution is -2.49. The molecule has 1 rings (SSSR count). The number of primary amides is 1. The molecule has 0 saturated carbocycles. The highest BCUT2D eigenvalue weighted by Crippen LogP contribution is 2.22. The number of likely N-dealkylation sites (tertiary alicyclic amines) is 1. The van der Waals surface area contributed by atoms with Gasteiger partial charge in [0, 0.05) is 12.6 Å². The molecule has 0 spiro atoms. The second kappa shape index (κ2) is 6.23. The summed E-state index contributed by atoms with van der Waals surface area (Å²) in [6.07, 6.45) is -3.27. The third-order valence-corrected chi connectivity index (χ3v) is 3.10. The Hall–Kier alpha value is -1.31. The number of rotatable bonds is 4. The van der Waals surface area contributed by atoms with Crippen LogP contribution in [0.1, 0.15) is 19.8 Å². The van der Waals surface area contributed by atoms with E-state index in [0.29, 0.717) is 12.8 Å². The number of ether oxygens (including phenoxy) is 1. The highest BCUT2D eigenvalue weighted by atomic mass is 19.4. The molecule has 2 atom stereocenters. The molecule has 1 fully saturated rings. The zero-order chi connectivity index (χ0) is 14.6. The molecule has 110 valence electrons. The van der Waals surface area contributed by atoms with Crippen LogP contribution < -0.4 is 5.73 Å². The molecule has 0 unspecified atom stereocenters. The lowest BCUT2D eigenvalue weighted by Gasteiger charge is -2.36. The van der Waals surface area contributed by atoms with Crippen LogP contribution in [-0.2, 0) is 14.3 Å². The molecular weight excluding hydrogens is 265 g/mol. The lowest BCUT2D eigenvalue weighted by molar-refractivity contribution is -0.178. The van der Waals surface area contributed by atoms with Gasteiger partial charge in [0.2, 0.25) is 11.8 Å². The smallest absolute Gasteiger partial charge is 0.369 e. The van der Waals surface area contributed by atoms with E-state index in [4.69, 9.17) is 5.73 Å². The summed E-state index contributed by atoms with van der Waals surface area (Å²) in [6, 6.07) is -0.127. The molecule has 5 nitrogen and oxygen atoms in total. The van der Waals surface area contributed by atoms with Crippen molar-refractivity contribution in [3.8, 4) is 0 Å². The van der Waals surface area contributed by atoms with Crippen molar-refractivity contribution < 1.29 is 27.5 Å². The Kier molecular flexibility index (Phi) is 5.16. The van der Waals surface area contributed by atoms with E-state index >= 15 is 0 Å². The standard InChI is InChI=1S/C11H17F3N2O3/c1-7-2-3-8(10(15)18)4-16(7)9(17)5-19-6-11(12,13)14/h7-8H,2-6H2,1H3,(H2,15,18)/t7-,8+/m1/s1. The molecule has 1 saturated heterocycles. The molecule has 1 aliphatic heterocycles. The van der Waals surface area contributed by atoms with Gasteiger partial charge in [-0.1, -0.05) is 0 Å². The van der Waals surface area contributed by atoms with E-state index in [2.05, 4.69) is 4.74 Å². The van der Waals surface area contributed by atoms with Gasteiger partial charge in [0.05, 0.1) is 5.92 Å². The molecular formula is C11H17F3N2O3. The molecule has 0 aromatic heterocycles. The van der Waals surface area contributed by atoms with Crippen LogP contribution in [0.2, 0.25) is 0 Å². The number of nitrogens with two attached hydrogens (primary N) is 1. The Morgan fingerprint density at radius 3 is 2.53 bits per heavy atom. The van der Waals surface area contributed by atoms with Gasteiger partial charge >= 0.3 is 6.18 Å². The first-order chi connectivity index (χ1) is 8.70. The van der Waals surface area contributed by atoms with Crippen molar-refractivity contribution in [3.05, 3.63) is 0 Å².